The molecular formula is C45H39N2O2+. The molecule has 0 atom stereocenters. The van der Waals surface area contributed by atoms with Crippen molar-refractivity contribution in [3.05, 3.63) is 132 Å². The largest absolute Gasteiger partial charge is 0.456 e. The molecule has 0 saturated heterocycles. The van der Waals surface area contributed by atoms with Crippen LogP contribution in [0, 0.1) is 6.92 Å². The Bertz CT molecular complexity index is 2740. The third-order valence-corrected chi connectivity index (χ3v) is 10.3. The first-order chi connectivity index (χ1) is 23.8. The van der Waals surface area contributed by atoms with Crippen LogP contribution in [0.4, 0.5) is 0 Å². The van der Waals surface area contributed by atoms with Gasteiger partial charge in [-0.3, -0.25) is 0 Å². The fraction of sp³-hybridized carbons (Fsp3) is 0.178. The van der Waals surface area contributed by atoms with Crippen LogP contribution >= 0.6 is 0 Å². The summed E-state index contributed by atoms with van der Waals surface area (Å²) in [5, 5.41) is 4.60. The summed E-state index contributed by atoms with van der Waals surface area (Å²) >= 11 is 0. The molecule has 0 unspecified atom stereocenters. The number of benzene rings is 6. The minimum absolute atomic E-state index is 0.232. The van der Waals surface area contributed by atoms with Crippen LogP contribution in [-0.4, -0.2) is 4.57 Å². The lowest BCUT2D eigenvalue weighted by Crippen LogP contribution is -2.30. The second-order valence-electron chi connectivity index (χ2n) is 14.0. The van der Waals surface area contributed by atoms with Crippen LogP contribution in [0.15, 0.2) is 124 Å². The third kappa shape index (κ3) is 4.33. The molecule has 0 aliphatic rings. The molecule has 9 aromatic rings. The molecule has 6 aromatic carbocycles. The lowest BCUT2D eigenvalue weighted by Gasteiger charge is -2.20. The van der Waals surface area contributed by atoms with E-state index in [1.807, 2.05) is 0 Å². The molecule has 0 spiro atoms. The molecule has 3 heterocycles. The van der Waals surface area contributed by atoms with Crippen molar-refractivity contribution in [2.45, 2.75) is 46.5 Å². The molecule has 0 radical (unpaired) electrons. The van der Waals surface area contributed by atoms with E-state index >= 15 is 0 Å². The summed E-state index contributed by atoms with van der Waals surface area (Å²) < 4.78 is 18.3. The number of imidazole rings is 1. The Kier molecular flexibility index (Phi) is 6.61. The Morgan fingerprint density at radius 1 is 0.612 bits per heavy atom. The van der Waals surface area contributed by atoms with E-state index in [0.29, 0.717) is 0 Å². The second kappa shape index (κ2) is 11.0. The summed E-state index contributed by atoms with van der Waals surface area (Å²) in [6.45, 7) is 11.4. The molecule has 0 fully saturated rings. The van der Waals surface area contributed by atoms with Gasteiger partial charge in [0.15, 0.2) is 16.6 Å². The van der Waals surface area contributed by atoms with Crippen molar-refractivity contribution >= 4 is 54.9 Å². The average Bonchev–Trinajstić information content (AvgIpc) is 3.76. The average molecular weight is 640 g/mol. The first-order valence-corrected chi connectivity index (χ1v) is 17.3. The van der Waals surface area contributed by atoms with E-state index in [1.54, 1.807) is 0 Å². The number of hydrogen-bond donors (Lipinski definition) is 0. The number of nitrogens with zero attached hydrogens (tertiary/aromatic N) is 2. The SMILES string of the molecule is Cc1ccc2c(oc3ccc(-c4ccccc4)cc32)c1-c1n(-c2c(C(C)C)cc3oc4ccccc4c3c2C(C)C)c2ccccc2[n+]1C. The minimum Gasteiger partial charge on any atom is -0.456 e. The number of aromatic nitrogens is 2. The molecular weight excluding hydrogens is 601 g/mol. The molecule has 0 N–H and O–H groups in total. The van der Waals surface area contributed by atoms with Gasteiger partial charge < -0.3 is 8.83 Å². The van der Waals surface area contributed by atoms with Crippen molar-refractivity contribution in [2.24, 2.45) is 7.05 Å². The summed E-state index contributed by atoms with van der Waals surface area (Å²) in [6.07, 6.45) is 0. The molecule has 0 aliphatic heterocycles. The fourth-order valence-corrected chi connectivity index (χ4v) is 8.03. The van der Waals surface area contributed by atoms with Crippen molar-refractivity contribution < 1.29 is 13.4 Å². The van der Waals surface area contributed by atoms with Crippen LogP contribution in [0.5, 0.6) is 0 Å². The first kappa shape index (κ1) is 29.5. The van der Waals surface area contributed by atoms with Crippen molar-refractivity contribution in [1.29, 1.82) is 0 Å². The van der Waals surface area contributed by atoms with Gasteiger partial charge in [-0.15, -0.1) is 0 Å². The summed E-state index contributed by atoms with van der Waals surface area (Å²) in [6, 6.07) is 41.1. The molecule has 240 valence electrons. The highest BCUT2D eigenvalue weighted by molar-refractivity contribution is 6.12. The molecule has 0 aliphatic carbocycles. The van der Waals surface area contributed by atoms with Gasteiger partial charge in [0.05, 0.1) is 7.05 Å². The number of aryl methyl sites for hydroxylation is 2. The molecule has 3 aromatic heterocycles. The summed E-state index contributed by atoms with van der Waals surface area (Å²) in [5.41, 5.74) is 14.4. The quantitative estimate of drug-likeness (QED) is 0.176. The zero-order valence-corrected chi connectivity index (χ0v) is 28.8. The van der Waals surface area contributed by atoms with E-state index in [2.05, 4.69) is 166 Å². The maximum absolute atomic E-state index is 6.88. The second-order valence-corrected chi connectivity index (χ2v) is 14.0. The van der Waals surface area contributed by atoms with Crippen molar-refractivity contribution in [3.63, 3.8) is 0 Å². The molecule has 0 bridgehead atoms. The molecule has 0 amide bonds. The van der Waals surface area contributed by atoms with Gasteiger partial charge in [-0.2, -0.15) is 4.57 Å². The minimum atomic E-state index is 0.232. The van der Waals surface area contributed by atoms with Crippen molar-refractivity contribution in [1.82, 2.24) is 4.57 Å². The Morgan fingerprint density at radius 3 is 2.14 bits per heavy atom. The van der Waals surface area contributed by atoms with Gasteiger partial charge in [0, 0.05) is 32.7 Å². The normalized spacial score (nSPS) is 12.2. The zero-order chi connectivity index (χ0) is 33.6. The lowest BCUT2D eigenvalue weighted by atomic mass is 9.88. The van der Waals surface area contributed by atoms with Crippen molar-refractivity contribution in [3.8, 4) is 28.2 Å². The maximum Gasteiger partial charge on any atom is 0.299 e. The number of para-hydroxylation sites is 3. The predicted octanol–water partition coefficient (Wildman–Crippen LogP) is 12.1. The lowest BCUT2D eigenvalue weighted by molar-refractivity contribution is -0.633. The van der Waals surface area contributed by atoms with E-state index in [9.17, 15) is 0 Å². The van der Waals surface area contributed by atoms with Crippen LogP contribution in [0.2, 0.25) is 0 Å². The molecule has 4 nitrogen and oxygen atoms in total. The van der Waals surface area contributed by atoms with E-state index in [1.165, 1.54) is 38.9 Å². The Morgan fingerprint density at radius 2 is 1.35 bits per heavy atom. The van der Waals surface area contributed by atoms with E-state index in [0.717, 1.165) is 60.9 Å². The Labute approximate surface area is 285 Å². The molecule has 0 saturated carbocycles. The van der Waals surface area contributed by atoms with Gasteiger partial charge in [-0.1, -0.05) is 107 Å². The molecule has 4 heteroatoms. The monoisotopic (exact) mass is 639 g/mol. The molecule has 49 heavy (non-hydrogen) atoms. The standard InChI is InChI=1S/C45H39N2O2/c1-26(2)33-25-39-42(32-16-10-13-19-37(32)48-39)40(27(3)4)43(33)47-36-18-12-11-17-35(36)46(6)45(47)41-28(5)20-22-31-34-24-30(29-14-8-7-9-15-29)21-23-38(34)49-44(31)41/h7-27H,1-6H3/q+1. The van der Waals surface area contributed by atoms with Crippen LogP contribution in [0.1, 0.15) is 56.2 Å². The van der Waals surface area contributed by atoms with Gasteiger partial charge >= 0.3 is 0 Å². The van der Waals surface area contributed by atoms with E-state index in [4.69, 9.17) is 8.83 Å². The van der Waals surface area contributed by atoms with Gasteiger partial charge in [0.1, 0.15) is 28.0 Å². The van der Waals surface area contributed by atoms with Crippen molar-refractivity contribution in [2.75, 3.05) is 0 Å². The Balaban J connectivity index is 1.43. The third-order valence-electron chi connectivity index (χ3n) is 10.3. The summed E-state index contributed by atoms with van der Waals surface area (Å²) in [7, 11) is 2.19. The molecule has 9 rings (SSSR count). The summed E-state index contributed by atoms with van der Waals surface area (Å²) in [4.78, 5) is 0. The number of hydrogen-bond acceptors (Lipinski definition) is 2. The zero-order valence-electron chi connectivity index (χ0n) is 28.8. The maximum atomic E-state index is 6.88. The highest BCUT2D eigenvalue weighted by Gasteiger charge is 2.35. The van der Waals surface area contributed by atoms with Crippen LogP contribution in [0.25, 0.3) is 83.1 Å². The van der Waals surface area contributed by atoms with Gasteiger partial charge in [0.25, 0.3) is 5.82 Å². The fourth-order valence-electron chi connectivity index (χ4n) is 8.03. The van der Waals surface area contributed by atoms with Gasteiger partial charge in [-0.05, 0) is 71.8 Å². The first-order valence-electron chi connectivity index (χ1n) is 17.3. The smallest absolute Gasteiger partial charge is 0.299 e. The van der Waals surface area contributed by atoms with E-state index in [-0.39, 0.29) is 11.8 Å². The van der Waals surface area contributed by atoms with E-state index < -0.39 is 0 Å². The highest BCUT2D eigenvalue weighted by Crippen LogP contribution is 2.46. The van der Waals surface area contributed by atoms with Crippen LogP contribution < -0.4 is 4.57 Å². The topological polar surface area (TPSA) is 35.1 Å². The number of fused-ring (bicyclic) bond motifs is 7. The van der Waals surface area contributed by atoms with Crippen LogP contribution in [0.3, 0.4) is 0 Å². The van der Waals surface area contributed by atoms with Gasteiger partial charge in [-0.25, -0.2) is 4.57 Å². The predicted molar refractivity (Wildman–Crippen MR) is 203 cm³/mol. The Hall–Kier alpha value is -5.61. The summed E-state index contributed by atoms with van der Waals surface area (Å²) in [5.74, 6) is 1.59. The number of furan rings is 2. The van der Waals surface area contributed by atoms with Gasteiger partial charge in [0.2, 0.25) is 0 Å². The highest BCUT2D eigenvalue weighted by atomic mass is 16.3. The number of rotatable bonds is 5. The van der Waals surface area contributed by atoms with Crippen LogP contribution in [-0.2, 0) is 7.05 Å².